The van der Waals surface area contributed by atoms with Crippen LogP contribution in [0.1, 0.15) is 0 Å². The molecule has 0 bridgehead atoms. The largest absolute Gasteiger partial charge is 0.349 e. The summed E-state index contributed by atoms with van der Waals surface area (Å²) >= 11 is 3.61. The Balaban J connectivity index is 2.99. The zero-order valence-corrected chi connectivity index (χ0v) is 7.23. The van der Waals surface area contributed by atoms with E-state index in [-0.39, 0.29) is 0 Å². The van der Waals surface area contributed by atoms with E-state index >= 15 is 0 Å². The summed E-state index contributed by atoms with van der Waals surface area (Å²) in [6.07, 6.45) is 1.93. The average molecular weight is 251 g/mol. The Kier molecular flexibility index (Phi) is 1.19. The highest BCUT2D eigenvalue weighted by molar-refractivity contribution is 14.1. The van der Waals surface area contributed by atoms with E-state index in [0.29, 0.717) is 0 Å². The lowest BCUT2D eigenvalue weighted by atomic mass is 10.6. The van der Waals surface area contributed by atoms with Gasteiger partial charge in [-0.3, -0.25) is 0 Å². The standard InChI is InChI=1S/C4H2IN3S/c5-2-1-6-4-3(2)7-8-9-4/h1,6H. The fourth-order valence-electron chi connectivity index (χ4n) is 0.639. The van der Waals surface area contributed by atoms with Crippen molar-refractivity contribution < 1.29 is 0 Å². The first kappa shape index (κ1) is 5.60. The first-order chi connectivity index (χ1) is 4.38. The maximum atomic E-state index is 3.91. The van der Waals surface area contributed by atoms with Crippen LogP contribution in [-0.4, -0.2) is 14.6 Å². The van der Waals surface area contributed by atoms with E-state index in [2.05, 4.69) is 37.2 Å². The number of hydrogen-bond acceptors (Lipinski definition) is 3. The van der Waals surface area contributed by atoms with Gasteiger partial charge in [0.05, 0.1) is 3.57 Å². The zero-order valence-electron chi connectivity index (χ0n) is 4.26. The maximum absolute atomic E-state index is 3.91. The minimum atomic E-state index is 0.987. The van der Waals surface area contributed by atoms with Crippen LogP contribution in [0.4, 0.5) is 0 Å². The van der Waals surface area contributed by atoms with E-state index < -0.39 is 0 Å². The normalized spacial score (nSPS) is 10.8. The highest BCUT2D eigenvalue weighted by Gasteiger charge is 2.02. The van der Waals surface area contributed by atoms with Crippen molar-refractivity contribution in [1.82, 2.24) is 14.6 Å². The predicted octanol–water partition coefficient (Wildman–Crippen LogP) is 1.62. The van der Waals surface area contributed by atoms with Crippen molar-refractivity contribution in [1.29, 1.82) is 0 Å². The Morgan fingerprint density at radius 2 is 2.56 bits per heavy atom. The molecule has 0 spiro atoms. The van der Waals surface area contributed by atoms with Crippen LogP contribution < -0.4 is 0 Å². The van der Waals surface area contributed by atoms with E-state index in [1.54, 1.807) is 0 Å². The van der Waals surface area contributed by atoms with Crippen molar-refractivity contribution >= 4 is 44.5 Å². The van der Waals surface area contributed by atoms with E-state index in [9.17, 15) is 0 Å². The summed E-state index contributed by atoms with van der Waals surface area (Å²) in [5.74, 6) is 0. The van der Waals surface area contributed by atoms with Crippen molar-refractivity contribution in [2.75, 3.05) is 0 Å². The third-order valence-electron chi connectivity index (χ3n) is 1.04. The summed E-state index contributed by atoms with van der Waals surface area (Å²) in [4.78, 5) is 4.11. The van der Waals surface area contributed by atoms with Crippen molar-refractivity contribution in [2.24, 2.45) is 0 Å². The monoisotopic (exact) mass is 251 g/mol. The van der Waals surface area contributed by atoms with Crippen LogP contribution in [0.3, 0.4) is 0 Å². The van der Waals surface area contributed by atoms with Gasteiger partial charge in [0.25, 0.3) is 0 Å². The van der Waals surface area contributed by atoms with Gasteiger partial charge in [-0.1, -0.05) is 4.49 Å². The molecule has 5 heteroatoms. The second-order valence-corrected chi connectivity index (χ2v) is 3.50. The zero-order chi connectivity index (χ0) is 6.27. The van der Waals surface area contributed by atoms with Gasteiger partial charge in [0.2, 0.25) is 0 Å². The SMILES string of the molecule is Ic1c[nH]c2snnc12. The molecule has 0 saturated heterocycles. The van der Waals surface area contributed by atoms with Crippen LogP contribution in [0.25, 0.3) is 10.3 Å². The van der Waals surface area contributed by atoms with E-state index in [1.807, 2.05) is 6.20 Å². The molecule has 9 heavy (non-hydrogen) atoms. The molecule has 2 aromatic rings. The molecule has 0 unspecified atom stereocenters. The van der Waals surface area contributed by atoms with E-state index in [1.165, 1.54) is 11.5 Å². The number of fused-ring (bicyclic) bond motifs is 1. The number of halogens is 1. The Labute approximate surface area is 68.8 Å². The summed E-state index contributed by atoms with van der Waals surface area (Å²) in [6.45, 7) is 0. The van der Waals surface area contributed by atoms with Gasteiger partial charge in [-0.15, -0.1) is 5.10 Å². The Hall–Kier alpha value is -0.170. The summed E-state index contributed by atoms with van der Waals surface area (Å²) in [5, 5.41) is 3.91. The molecule has 0 aliphatic carbocycles. The van der Waals surface area contributed by atoms with E-state index in [4.69, 9.17) is 0 Å². The van der Waals surface area contributed by atoms with Crippen LogP contribution in [0.2, 0.25) is 0 Å². The number of nitrogens with zero attached hydrogens (tertiary/aromatic N) is 2. The molecule has 2 aromatic heterocycles. The minimum absolute atomic E-state index is 0.987. The maximum Gasteiger partial charge on any atom is 0.142 e. The van der Waals surface area contributed by atoms with Gasteiger partial charge in [-0.2, -0.15) is 0 Å². The van der Waals surface area contributed by atoms with Gasteiger partial charge >= 0.3 is 0 Å². The van der Waals surface area contributed by atoms with Gasteiger partial charge in [0, 0.05) is 17.7 Å². The molecule has 46 valence electrons. The molecular formula is C4H2IN3S. The number of hydrogen-bond donors (Lipinski definition) is 1. The highest BCUT2D eigenvalue weighted by atomic mass is 127. The molecule has 0 aliphatic heterocycles. The minimum Gasteiger partial charge on any atom is -0.349 e. The lowest BCUT2D eigenvalue weighted by Gasteiger charge is -1.69. The third kappa shape index (κ3) is 0.751. The number of rotatable bonds is 0. The molecule has 0 aromatic carbocycles. The molecule has 0 amide bonds. The van der Waals surface area contributed by atoms with Crippen LogP contribution in [0.15, 0.2) is 6.20 Å². The van der Waals surface area contributed by atoms with Crippen LogP contribution >= 0.6 is 34.1 Å². The van der Waals surface area contributed by atoms with Gasteiger partial charge < -0.3 is 4.98 Å². The average Bonchev–Trinajstić information content (AvgIpc) is 2.35. The smallest absolute Gasteiger partial charge is 0.142 e. The van der Waals surface area contributed by atoms with Crippen molar-refractivity contribution in [3.63, 3.8) is 0 Å². The number of aromatic amines is 1. The molecule has 3 nitrogen and oxygen atoms in total. The van der Waals surface area contributed by atoms with Gasteiger partial charge in [-0.05, 0) is 22.6 Å². The summed E-state index contributed by atoms with van der Waals surface area (Å²) in [6, 6.07) is 0. The highest BCUT2D eigenvalue weighted by Crippen LogP contribution is 2.18. The lowest BCUT2D eigenvalue weighted by Crippen LogP contribution is -1.65. The van der Waals surface area contributed by atoms with Crippen LogP contribution in [-0.2, 0) is 0 Å². The van der Waals surface area contributed by atoms with Gasteiger partial charge in [-0.25, -0.2) is 0 Å². The molecule has 0 aliphatic rings. The molecule has 2 heterocycles. The number of aromatic nitrogens is 3. The van der Waals surface area contributed by atoms with Gasteiger partial charge in [0.1, 0.15) is 10.3 Å². The second kappa shape index (κ2) is 1.91. The fraction of sp³-hybridized carbons (Fsp3) is 0. The number of nitrogens with one attached hydrogen (secondary N) is 1. The molecule has 0 atom stereocenters. The fourth-order valence-corrected chi connectivity index (χ4v) is 1.91. The molecule has 0 saturated carbocycles. The first-order valence-electron chi connectivity index (χ1n) is 2.33. The van der Waals surface area contributed by atoms with E-state index in [0.717, 1.165) is 13.9 Å². The van der Waals surface area contributed by atoms with Crippen molar-refractivity contribution in [3.05, 3.63) is 9.77 Å². The third-order valence-corrected chi connectivity index (χ3v) is 2.52. The Bertz CT molecular complexity index is 325. The molecule has 1 N–H and O–H groups in total. The predicted molar refractivity (Wildman–Crippen MR) is 44.5 cm³/mol. The van der Waals surface area contributed by atoms with Crippen molar-refractivity contribution in [3.8, 4) is 0 Å². The quantitative estimate of drug-likeness (QED) is 0.723. The first-order valence-corrected chi connectivity index (χ1v) is 4.18. The number of H-pyrrole nitrogens is 1. The summed E-state index contributed by atoms with van der Waals surface area (Å²) in [5.41, 5.74) is 0.987. The van der Waals surface area contributed by atoms with Crippen molar-refractivity contribution in [2.45, 2.75) is 0 Å². The molecular weight excluding hydrogens is 249 g/mol. The molecule has 2 rings (SSSR count). The Morgan fingerprint density at radius 3 is 3.33 bits per heavy atom. The van der Waals surface area contributed by atoms with Gasteiger partial charge in [0.15, 0.2) is 0 Å². The Morgan fingerprint density at radius 1 is 1.67 bits per heavy atom. The topological polar surface area (TPSA) is 41.6 Å². The second-order valence-electron chi connectivity index (χ2n) is 1.59. The lowest BCUT2D eigenvalue weighted by molar-refractivity contribution is 1.20. The van der Waals surface area contributed by atoms with Crippen LogP contribution in [0.5, 0.6) is 0 Å². The molecule has 0 radical (unpaired) electrons. The summed E-state index contributed by atoms with van der Waals surface area (Å²) in [7, 11) is 0. The summed E-state index contributed by atoms with van der Waals surface area (Å²) < 4.78 is 4.91. The molecule has 0 fully saturated rings. The van der Waals surface area contributed by atoms with Crippen LogP contribution in [0, 0.1) is 3.57 Å².